The summed E-state index contributed by atoms with van der Waals surface area (Å²) in [6, 6.07) is 0.613. The topological polar surface area (TPSA) is 17.0 Å². The number of hydrogen-bond acceptors (Lipinski definition) is 1. The van der Waals surface area contributed by atoms with E-state index in [0.717, 1.165) is 6.54 Å². The zero-order chi connectivity index (χ0) is 12.1. The Kier molecular flexibility index (Phi) is 4.66. The van der Waals surface area contributed by atoms with E-state index < -0.39 is 0 Å². The quantitative estimate of drug-likeness (QED) is 0.794. The maximum absolute atomic E-state index is 3.68. The molecule has 1 aliphatic carbocycles. The van der Waals surface area contributed by atoms with Crippen LogP contribution >= 0.6 is 0 Å². The molecule has 0 spiro atoms. The third-order valence-corrected chi connectivity index (χ3v) is 3.72. The van der Waals surface area contributed by atoms with Crippen LogP contribution in [0.15, 0.2) is 12.4 Å². The van der Waals surface area contributed by atoms with Crippen molar-refractivity contribution in [3.63, 3.8) is 0 Å². The Labute approximate surface area is 105 Å². The van der Waals surface area contributed by atoms with Crippen molar-refractivity contribution in [2.24, 2.45) is 0 Å². The van der Waals surface area contributed by atoms with E-state index in [0.29, 0.717) is 6.04 Å². The summed E-state index contributed by atoms with van der Waals surface area (Å²) in [5.41, 5.74) is 3.15. The molecule has 0 saturated heterocycles. The SMILES string of the molecule is CCCCn1cc2c(c1)C(NCCC)CCC2. The second kappa shape index (κ2) is 6.25. The van der Waals surface area contributed by atoms with Crippen LogP contribution in [0.3, 0.4) is 0 Å². The molecular formula is C15H26N2. The Bertz CT molecular complexity index is 341. The number of nitrogens with one attached hydrogen (secondary N) is 1. The molecule has 17 heavy (non-hydrogen) atoms. The molecule has 1 aromatic rings. The first-order chi connectivity index (χ1) is 8.35. The minimum Gasteiger partial charge on any atom is -0.354 e. The molecule has 1 aliphatic rings. The molecule has 2 rings (SSSR count). The normalized spacial score (nSPS) is 19.3. The van der Waals surface area contributed by atoms with Crippen molar-refractivity contribution in [3.05, 3.63) is 23.5 Å². The third kappa shape index (κ3) is 3.12. The van der Waals surface area contributed by atoms with Crippen molar-refractivity contribution in [3.8, 4) is 0 Å². The van der Waals surface area contributed by atoms with Crippen LogP contribution in [-0.2, 0) is 13.0 Å². The summed E-state index contributed by atoms with van der Waals surface area (Å²) in [7, 11) is 0. The Hall–Kier alpha value is -0.760. The highest BCUT2D eigenvalue weighted by Gasteiger charge is 2.21. The van der Waals surface area contributed by atoms with Gasteiger partial charge in [0.2, 0.25) is 0 Å². The van der Waals surface area contributed by atoms with E-state index in [1.807, 2.05) is 0 Å². The van der Waals surface area contributed by atoms with E-state index in [1.165, 1.54) is 45.1 Å². The van der Waals surface area contributed by atoms with Gasteiger partial charge in [0.25, 0.3) is 0 Å². The Balaban J connectivity index is 2.05. The van der Waals surface area contributed by atoms with Crippen LogP contribution in [0, 0.1) is 0 Å². The Morgan fingerprint density at radius 2 is 2.18 bits per heavy atom. The number of rotatable bonds is 6. The number of fused-ring (bicyclic) bond motifs is 1. The highest BCUT2D eigenvalue weighted by molar-refractivity contribution is 5.30. The fraction of sp³-hybridized carbons (Fsp3) is 0.733. The lowest BCUT2D eigenvalue weighted by Crippen LogP contribution is -2.24. The standard InChI is InChI=1S/C15H26N2/c1-3-5-10-17-11-13-7-6-8-15(14(13)12-17)16-9-4-2/h11-12,15-16H,3-10H2,1-2H3. The molecule has 2 nitrogen and oxygen atoms in total. The summed E-state index contributed by atoms with van der Waals surface area (Å²) in [6.45, 7) is 6.83. The zero-order valence-corrected chi connectivity index (χ0v) is 11.3. The lowest BCUT2D eigenvalue weighted by Gasteiger charge is -2.23. The fourth-order valence-electron chi connectivity index (χ4n) is 2.75. The van der Waals surface area contributed by atoms with Gasteiger partial charge in [0, 0.05) is 25.0 Å². The van der Waals surface area contributed by atoms with Crippen LogP contribution in [-0.4, -0.2) is 11.1 Å². The number of aromatic nitrogens is 1. The van der Waals surface area contributed by atoms with Crippen LogP contribution in [0.1, 0.15) is 63.1 Å². The van der Waals surface area contributed by atoms with Gasteiger partial charge in [-0.2, -0.15) is 0 Å². The van der Waals surface area contributed by atoms with Gasteiger partial charge < -0.3 is 9.88 Å². The van der Waals surface area contributed by atoms with Crippen LogP contribution in [0.25, 0.3) is 0 Å². The average Bonchev–Trinajstić information content (AvgIpc) is 2.77. The Morgan fingerprint density at radius 3 is 2.94 bits per heavy atom. The van der Waals surface area contributed by atoms with E-state index in [1.54, 1.807) is 11.1 Å². The molecule has 0 fully saturated rings. The lowest BCUT2D eigenvalue weighted by molar-refractivity contribution is 0.462. The van der Waals surface area contributed by atoms with Crippen molar-refractivity contribution >= 4 is 0 Å². The first-order valence-corrected chi connectivity index (χ1v) is 7.27. The summed E-state index contributed by atoms with van der Waals surface area (Å²) >= 11 is 0. The number of nitrogens with zero attached hydrogens (tertiary/aromatic N) is 1. The molecule has 0 amide bonds. The largest absolute Gasteiger partial charge is 0.354 e. The second-order valence-corrected chi connectivity index (χ2v) is 5.23. The summed E-state index contributed by atoms with van der Waals surface area (Å²) < 4.78 is 2.40. The molecule has 1 unspecified atom stereocenters. The minimum atomic E-state index is 0.613. The molecule has 96 valence electrons. The van der Waals surface area contributed by atoms with Gasteiger partial charge in [-0.25, -0.2) is 0 Å². The molecule has 1 aromatic heterocycles. The number of aryl methyl sites for hydroxylation is 2. The van der Waals surface area contributed by atoms with Gasteiger partial charge >= 0.3 is 0 Å². The first-order valence-electron chi connectivity index (χ1n) is 7.27. The molecule has 1 atom stereocenters. The molecule has 0 aromatic carbocycles. The highest BCUT2D eigenvalue weighted by atomic mass is 15.0. The van der Waals surface area contributed by atoms with Gasteiger partial charge in [-0.15, -0.1) is 0 Å². The van der Waals surface area contributed by atoms with Crippen LogP contribution in [0.4, 0.5) is 0 Å². The van der Waals surface area contributed by atoms with Gasteiger partial charge in [-0.1, -0.05) is 20.3 Å². The second-order valence-electron chi connectivity index (χ2n) is 5.23. The molecular weight excluding hydrogens is 208 g/mol. The van der Waals surface area contributed by atoms with E-state index in [-0.39, 0.29) is 0 Å². The smallest absolute Gasteiger partial charge is 0.0338 e. The van der Waals surface area contributed by atoms with Crippen LogP contribution < -0.4 is 5.32 Å². The molecule has 0 saturated carbocycles. The maximum atomic E-state index is 3.68. The van der Waals surface area contributed by atoms with Gasteiger partial charge in [0.1, 0.15) is 0 Å². The fourth-order valence-corrected chi connectivity index (χ4v) is 2.75. The monoisotopic (exact) mass is 234 g/mol. The molecule has 0 aliphatic heterocycles. The van der Waals surface area contributed by atoms with Crippen molar-refractivity contribution < 1.29 is 0 Å². The maximum Gasteiger partial charge on any atom is 0.0338 e. The summed E-state index contributed by atoms with van der Waals surface area (Å²) in [5, 5.41) is 3.68. The summed E-state index contributed by atoms with van der Waals surface area (Å²) in [5.74, 6) is 0. The van der Waals surface area contributed by atoms with Crippen molar-refractivity contribution in [2.45, 2.75) is 65.0 Å². The third-order valence-electron chi connectivity index (χ3n) is 3.72. The average molecular weight is 234 g/mol. The molecule has 1 heterocycles. The van der Waals surface area contributed by atoms with Crippen LogP contribution in [0.5, 0.6) is 0 Å². The van der Waals surface area contributed by atoms with Crippen molar-refractivity contribution in [1.82, 2.24) is 9.88 Å². The Morgan fingerprint density at radius 1 is 1.29 bits per heavy atom. The van der Waals surface area contributed by atoms with Crippen molar-refractivity contribution in [2.75, 3.05) is 6.54 Å². The highest BCUT2D eigenvalue weighted by Crippen LogP contribution is 2.30. The molecule has 0 bridgehead atoms. The predicted molar refractivity (Wildman–Crippen MR) is 73.3 cm³/mol. The molecule has 1 N–H and O–H groups in total. The molecule has 2 heteroatoms. The number of hydrogen-bond donors (Lipinski definition) is 1. The molecule has 0 radical (unpaired) electrons. The van der Waals surface area contributed by atoms with Gasteiger partial charge in [0.05, 0.1) is 0 Å². The van der Waals surface area contributed by atoms with Crippen molar-refractivity contribution in [1.29, 1.82) is 0 Å². The summed E-state index contributed by atoms with van der Waals surface area (Å²) in [4.78, 5) is 0. The van der Waals surface area contributed by atoms with E-state index in [9.17, 15) is 0 Å². The van der Waals surface area contributed by atoms with Gasteiger partial charge in [0.15, 0.2) is 0 Å². The first kappa shape index (κ1) is 12.7. The predicted octanol–water partition coefficient (Wildman–Crippen LogP) is 3.67. The number of unbranched alkanes of at least 4 members (excludes halogenated alkanes) is 1. The van der Waals surface area contributed by atoms with Gasteiger partial charge in [-0.3, -0.25) is 0 Å². The lowest BCUT2D eigenvalue weighted by atomic mass is 9.91. The van der Waals surface area contributed by atoms with E-state index in [4.69, 9.17) is 0 Å². The minimum absolute atomic E-state index is 0.613. The zero-order valence-electron chi connectivity index (χ0n) is 11.3. The van der Waals surface area contributed by atoms with Crippen LogP contribution in [0.2, 0.25) is 0 Å². The van der Waals surface area contributed by atoms with E-state index >= 15 is 0 Å². The van der Waals surface area contributed by atoms with Gasteiger partial charge in [-0.05, 0) is 49.8 Å². The van der Waals surface area contributed by atoms with E-state index in [2.05, 4.69) is 36.1 Å². The summed E-state index contributed by atoms with van der Waals surface area (Å²) in [6.07, 6.45) is 12.5.